The number of aromatic nitrogens is 1. The molecular weight excluding hydrogens is 351 g/mol. The Morgan fingerprint density at radius 2 is 2.13 bits per heavy atom. The summed E-state index contributed by atoms with van der Waals surface area (Å²) in [5.41, 5.74) is 2.01. The molecular formula is C17H16Cl2N2OS. The lowest BCUT2D eigenvalue weighted by Crippen LogP contribution is -2.16. The third-order valence-corrected chi connectivity index (χ3v) is 4.72. The van der Waals surface area contributed by atoms with Gasteiger partial charge in [-0.3, -0.25) is 4.79 Å². The van der Waals surface area contributed by atoms with Crippen LogP contribution in [0.4, 0.5) is 5.69 Å². The third kappa shape index (κ3) is 4.99. The number of amides is 1. The third-order valence-electron chi connectivity index (χ3n) is 3.00. The van der Waals surface area contributed by atoms with Crippen molar-refractivity contribution in [3.63, 3.8) is 0 Å². The Balaban J connectivity index is 2.13. The Bertz CT molecular complexity index is 711. The monoisotopic (exact) mass is 366 g/mol. The first-order valence-corrected chi connectivity index (χ1v) is 8.69. The average molecular weight is 367 g/mol. The predicted molar refractivity (Wildman–Crippen MR) is 98.7 cm³/mol. The fraction of sp³-hybridized carbons (Fsp3) is 0.176. The molecule has 0 saturated carbocycles. The van der Waals surface area contributed by atoms with E-state index in [-0.39, 0.29) is 17.5 Å². The second kappa shape index (κ2) is 8.39. The molecule has 120 valence electrons. The minimum atomic E-state index is -0.189. The molecule has 0 bridgehead atoms. The molecule has 0 radical (unpaired) electrons. The van der Waals surface area contributed by atoms with Crippen molar-refractivity contribution in [1.29, 1.82) is 0 Å². The molecule has 0 aliphatic carbocycles. The number of para-hydroxylation sites is 1. The van der Waals surface area contributed by atoms with E-state index in [0.717, 1.165) is 22.0 Å². The second-order valence-corrected chi connectivity index (χ2v) is 6.66. The fourth-order valence-corrected chi connectivity index (χ4v) is 3.39. The zero-order valence-corrected chi connectivity index (χ0v) is 14.9. The SMILES string of the molecule is C=CCSc1ccccc1NC(=O)Cc1c(Cl)cc(C)nc1Cl. The van der Waals surface area contributed by atoms with Crippen molar-refractivity contribution < 1.29 is 4.79 Å². The molecule has 0 unspecified atom stereocenters. The number of hydrogen-bond donors (Lipinski definition) is 1. The van der Waals surface area contributed by atoms with Gasteiger partial charge < -0.3 is 5.32 Å². The number of carbonyl (C=O) groups is 1. The van der Waals surface area contributed by atoms with Crippen molar-refractivity contribution in [1.82, 2.24) is 4.98 Å². The van der Waals surface area contributed by atoms with Gasteiger partial charge in [0.15, 0.2) is 0 Å². The zero-order chi connectivity index (χ0) is 16.8. The van der Waals surface area contributed by atoms with Crippen LogP contribution in [0.25, 0.3) is 0 Å². The van der Waals surface area contributed by atoms with Gasteiger partial charge in [0, 0.05) is 26.9 Å². The molecule has 2 rings (SSSR count). The van der Waals surface area contributed by atoms with Gasteiger partial charge >= 0.3 is 0 Å². The van der Waals surface area contributed by atoms with Gasteiger partial charge in [0.1, 0.15) is 5.15 Å². The molecule has 0 aliphatic rings. The Morgan fingerprint density at radius 1 is 1.39 bits per heavy atom. The number of thioether (sulfide) groups is 1. The van der Waals surface area contributed by atoms with Crippen LogP contribution in [0, 0.1) is 6.92 Å². The van der Waals surface area contributed by atoms with Gasteiger partial charge in [-0.1, -0.05) is 41.4 Å². The van der Waals surface area contributed by atoms with E-state index in [0.29, 0.717) is 10.6 Å². The van der Waals surface area contributed by atoms with E-state index in [1.54, 1.807) is 24.8 Å². The van der Waals surface area contributed by atoms with Crippen molar-refractivity contribution in [2.75, 3.05) is 11.1 Å². The highest BCUT2D eigenvalue weighted by Crippen LogP contribution is 2.28. The highest BCUT2D eigenvalue weighted by Gasteiger charge is 2.14. The molecule has 2 aromatic rings. The topological polar surface area (TPSA) is 42.0 Å². The molecule has 23 heavy (non-hydrogen) atoms. The van der Waals surface area contributed by atoms with E-state index in [1.807, 2.05) is 30.3 Å². The number of aryl methyl sites for hydroxylation is 1. The van der Waals surface area contributed by atoms with Crippen LogP contribution in [0.3, 0.4) is 0 Å². The van der Waals surface area contributed by atoms with E-state index in [2.05, 4.69) is 16.9 Å². The number of hydrogen-bond acceptors (Lipinski definition) is 3. The normalized spacial score (nSPS) is 10.4. The minimum Gasteiger partial charge on any atom is -0.325 e. The van der Waals surface area contributed by atoms with Crippen LogP contribution >= 0.6 is 35.0 Å². The number of nitrogens with one attached hydrogen (secondary N) is 1. The molecule has 3 nitrogen and oxygen atoms in total. The van der Waals surface area contributed by atoms with Gasteiger partial charge in [0.2, 0.25) is 5.91 Å². The Morgan fingerprint density at radius 3 is 2.83 bits per heavy atom. The zero-order valence-electron chi connectivity index (χ0n) is 12.6. The van der Waals surface area contributed by atoms with Gasteiger partial charge in [-0.05, 0) is 25.1 Å². The van der Waals surface area contributed by atoms with Crippen LogP contribution in [-0.2, 0) is 11.2 Å². The number of benzene rings is 1. The summed E-state index contributed by atoms with van der Waals surface area (Å²) in [7, 11) is 0. The standard InChI is InChI=1S/C17H16Cl2N2OS/c1-3-8-23-15-7-5-4-6-14(15)21-16(22)10-12-13(18)9-11(2)20-17(12)19/h3-7,9H,1,8,10H2,2H3,(H,21,22). The first-order chi connectivity index (χ1) is 11.0. The van der Waals surface area contributed by atoms with E-state index >= 15 is 0 Å². The summed E-state index contributed by atoms with van der Waals surface area (Å²) >= 11 is 13.9. The maximum absolute atomic E-state index is 12.3. The summed E-state index contributed by atoms with van der Waals surface area (Å²) in [6.45, 7) is 5.50. The molecule has 0 saturated heterocycles. The van der Waals surface area contributed by atoms with Gasteiger partial charge in [-0.15, -0.1) is 18.3 Å². The van der Waals surface area contributed by atoms with Crippen molar-refractivity contribution in [3.8, 4) is 0 Å². The van der Waals surface area contributed by atoms with E-state index in [4.69, 9.17) is 23.2 Å². The minimum absolute atomic E-state index is 0.0748. The van der Waals surface area contributed by atoms with E-state index in [1.165, 1.54) is 0 Å². The number of pyridine rings is 1. The molecule has 1 aromatic heterocycles. The van der Waals surface area contributed by atoms with Crippen LogP contribution in [-0.4, -0.2) is 16.6 Å². The highest BCUT2D eigenvalue weighted by molar-refractivity contribution is 7.99. The first kappa shape index (κ1) is 17.9. The van der Waals surface area contributed by atoms with Crippen LogP contribution in [0.1, 0.15) is 11.3 Å². The van der Waals surface area contributed by atoms with Gasteiger partial charge in [0.25, 0.3) is 0 Å². The maximum atomic E-state index is 12.3. The summed E-state index contributed by atoms with van der Waals surface area (Å²) in [4.78, 5) is 17.4. The smallest absolute Gasteiger partial charge is 0.228 e. The summed E-state index contributed by atoms with van der Waals surface area (Å²) in [5, 5.41) is 3.61. The molecule has 0 spiro atoms. The molecule has 1 amide bonds. The molecule has 1 N–H and O–H groups in total. The second-order valence-electron chi connectivity index (χ2n) is 4.84. The molecule has 0 atom stereocenters. The molecule has 6 heteroatoms. The largest absolute Gasteiger partial charge is 0.325 e. The van der Waals surface area contributed by atoms with Gasteiger partial charge in [-0.25, -0.2) is 4.98 Å². The molecule has 0 aliphatic heterocycles. The lowest BCUT2D eigenvalue weighted by molar-refractivity contribution is -0.115. The summed E-state index contributed by atoms with van der Waals surface area (Å²) in [6, 6.07) is 9.32. The quantitative estimate of drug-likeness (QED) is 0.436. The van der Waals surface area contributed by atoms with Crippen molar-refractivity contribution in [2.45, 2.75) is 18.2 Å². The number of nitrogens with zero attached hydrogens (tertiary/aromatic N) is 1. The lowest BCUT2D eigenvalue weighted by Gasteiger charge is -2.11. The lowest BCUT2D eigenvalue weighted by atomic mass is 10.2. The number of rotatable bonds is 6. The fourth-order valence-electron chi connectivity index (χ4n) is 1.98. The predicted octanol–water partition coefficient (Wildman–Crippen LogP) is 5.16. The molecule has 1 aromatic carbocycles. The summed E-state index contributed by atoms with van der Waals surface area (Å²) in [5.74, 6) is 0.581. The summed E-state index contributed by atoms with van der Waals surface area (Å²) in [6.07, 6.45) is 1.90. The highest BCUT2D eigenvalue weighted by atomic mass is 35.5. The Labute approximate surface area is 150 Å². The number of halogens is 2. The maximum Gasteiger partial charge on any atom is 0.228 e. The Hall–Kier alpha value is -1.49. The van der Waals surface area contributed by atoms with Crippen molar-refractivity contribution in [2.24, 2.45) is 0 Å². The van der Waals surface area contributed by atoms with Gasteiger partial charge in [-0.2, -0.15) is 0 Å². The van der Waals surface area contributed by atoms with Crippen LogP contribution in [0.2, 0.25) is 10.2 Å². The van der Waals surface area contributed by atoms with Crippen LogP contribution < -0.4 is 5.32 Å². The van der Waals surface area contributed by atoms with Crippen molar-refractivity contribution in [3.05, 3.63) is 64.4 Å². The van der Waals surface area contributed by atoms with Gasteiger partial charge in [0.05, 0.1) is 12.1 Å². The Kier molecular flexibility index (Phi) is 6.51. The van der Waals surface area contributed by atoms with E-state index in [9.17, 15) is 4.79 Å². The van der Waals surface area contributed by atoms with E-state index < -0.39 is 0 Å². The first-order valence-electron chi connectivity index (χ1n) is 6.95. The number of anilines is 1. The van der Waals surface area contributed by atoms with Crippen LogP contribution in [0.15, 0.2) is 47.9 Å². The number of carbonyl (C=O) groups excluding carboxylic acids is 1. The average Bonchev–Trinajstić information content (AvgIpc) is 2.50. The molecule has 1 heterocycles. The van der Waals surface area contributed by atoms with Crippen LogP contribution in [0.5, 0.6) is 0 Å². The molecule has 0 fully saturated rings. The summed E-state index contributed by atoms with van der Waals surface area (Å²) < 4.78 is 0. The van der Waals surface area contributed by atoms with Crippen molar-refractivity contribution >= 4 is 46.6 Å².